The molecule has 8 heavy (non-hydrogen) atoms. The normalized spacial score (nSPS) is 10.4. The highest BCUT2D eigenvalue weighted by atomic mass is 16.1. The molecule has 0 radical (unpaired) electrons. The average Bonchev–Trinajstić information content (AvgIpc) is 1.65. The van der Waals surface area contributed by atoms with Crippen molar-refractivity contribution in [2.24, 2.45) is 0 Å². The Hall–Kier alpha value is -1.03. The number of terminal acetylenes is 1. The molecule has 0 aliphatic rings. The first-order valence-corrected chi connectivity index (χ1v) is 2.32. The van der Waals surface area contributed by atoms with Crippen LogP contribution < -0.4 is 0 Å². The molecule has 0 saturated heterocycles. The lowest BCUT2D eigenvalue weighted by atomic mass is 10.2. The second-order valence-corrected chi connectivity index (χ2v) is 1.58. The van der Waals surface area contributed by atoms with E-state index in [1.807, 2.05) is 0 Å². The van der Waals surface area contributed by atoms with E-state index < -0.39 is 0 Å². The molecule has 0 unspecified atom stereocenters. The van der Waals surface area contributed by atoms with E-state index >= 15 is 0 Å². The lowest BCUT2D eigenvalue weighted by Gasteiger charge is -1.80. The molecule has 0 bridgehead atoms. The van der Waals surface area contributed by atoms with E-state index in [2.05, 4.69) is 5.92 Å². The lowest BCUT2D eigenvalue weighted by Crippen LogP contribution is -1.81. The molecule has 0 aromatic carbocycles. The Morgan fingerprint density at radius 1 is 1.62 bits per heavy atom. The summed E-state index contributed by atoms with van der Waals surface area (Å²) in [4.78, 5) is 10.2. The first-order chi connectivity index (χ1) is 3.66. The molecule has 0 spiro atoms. The van der Waals surface area contributed by atoms with Gasteiger partial charge in [0.05, 0.1) is 0 Å². The topological polar surface area (TPSA) is 17.1 Å². The summed E-state index contributed by atoms with van der Waals surface area (Å²) in [6.07, 6.45) is 6.38. The van der Waals surface area contributed by atoms with Gasteiger partial charge in [-0.25, -0.2) is 0 Å². The molecule has 0 heterocycles. The maximum Gasteiger partial charge on any atom is 0.153 e. The van der Waals surface area contributed by atoms with Crippen molar-refractivity contribution in [3.63, 3.8) is 0 Å². The molecule has 1 heteroatoms. The summed E-state index contributed by atoms with van der Waals surface area (Å²) in [6, 6.07) is 0. The van der Waals surface area contributed by atoms with E-state index in [9.17, 15) is 4.79 Å². The van der Waals surface area contributed by atoms with Gasteiger partial charge in [0.1, 0.15) is 0 Å². The van der Waals surface area contributed by atoms with Gasteiger partial charge < -0.3 is 0 Å². The zero-order chi connectivity index (χ0) is 6.57. The van der Waals surface area contributed by atoms with Gasteiger partial charge in [0.2, 0.25) is 0 Å². The summed E-state index contributed by atoms with van der Waals surface area (Å²) < 4.78 is 0. The Morgan fingerprint density at radius 3 is 2.25 bits per heavy atom. The molecule has 0 aromatic heterocycles. The Balaban J connectivity index is 4.01. The van der Waals surface area contributed by atoms with E-state index in [1.165, 1.54) is 13.0 Å². The van der Waals surface area contributed by atoms with Crippen molar-refractivity contribution >= 4 is 5.78 Å². The Morgan fingerprint density at radius 2 is 2.12 bits per heavy atom. The number of hydrogen-bond acceptors (Lipinski definition) is 1. The molecule has 0 amide bonds. The first-order valence-electron chi connectivity index (χ1n) is 2.32. The van der Waals surface area contributed by atoms with Gasteiger partial charge in [-0.2, -0.15) is 0 Å². The monoisotopic (exact) mass is 108 g/mol. The van der Waals surface area contributed by atoms with E-state index in [0.29, 0.717) is 5.57 Å². The molecule has 0 rings (SSSR count). The summed E-state index contributed by atoms with van der Waals surface area (Å²) >= 11 is 0. The second kappa shape index (κ2) is 3.04. The third kappa shape index (κ3) is 3.17. The van der Waals surface area contributed by atoms with Gasteiger partial charge >= 0.3 is 0 Å². The minimum atomic E-state index is 0.000417. The third-order valence-corrected chi connectivity index (χ3v) is 0.647. The molecule has 0 aromatic rings. The van der Waals surface area contributed by atoms with E-state index in [4.69, 9.17) is 6.42 Å². The van der Waals surface area contributed by atoms with Gasteiger partial charge in [-0.1, -0.05) is 5.92 Å². The van der Waals surface area contributed by atoms with Gasteiger partial charge in [0.15, 0.2) is 5.78 Å². The first kappa shape index (κ1) is 6.97. The summed E-state index contributed by atoms with van der Waals surface area (Å²) in [5, 5.41) is 0. The molecular weight excluding hydrogens is 100 g/mol. The number of carbonyl (C=O) groups excluding carboxylic acids is 1. The largest absolute Gasteiger partial charge is 0.295 e. The highest BCUT2D eigenvalue weighted by Crippen LogP contribution is 1.87. The van der Waals surface area contributed by atoms with Crippen LogP contribution in [-0.2, 0) is 4.79 Å². The SMILES string of the molecule is C#C/C(C)=C\C(C)=O. The van der Waals surface area contributed by atoms with Crippen molar-refractivity contribution in [3.8, 4) is 12.3 Å². The van der Waals surface area contributed by atoms with Crippen molar-refractivity contribution in [1.29, 1.82) is 0 Å². The second-order valence-electron chi connectivity index (χ2n) is 1.58. The molecule has 0 fully saturated rings. The van der Waals surface area contributed by atoms with Gasteiger partial charge in [-0.3, -0.25) is 4.79 Å². The summed E-state index contributed by atoms with van der Waals surface area (Å²) in [5.74, 6) is 2.34. The van der Waals surface area contributed by atoms with Crippen molar-refractivity contribution in [2.45, 2.75) is 13.8 Å². The molecule has 0 aliphatic carbocycles. The minimum absolute atomic E-state index is 0.000417. The fraction of sp³-hybridized carbons (Fsp3) is 0.286. The number of ketones is 1. The zero-order valence-electron chi connectivity index (χ0n) is 5.06. The minimum Gasteiger partial charge on any atom is -0.295 e. The molecule has 0 N–H and O–H groups in total. The smallest absolute Gasteiger partial charge is 0.153 e. The Labute approximate surface area is 49.4 Å². The van der Waals surface area contributed by atoms with Gasteiger partial charge in [-0.05, 0) is 19.9 Å². The van der Waals surface area contributed by atoms with Crippen LogP contribution in [0.2, 0.25) is 0 Å². The Bertz CT molecular complexity index is 158. The van der Waals surface area contributed by atoms with E-state index in [-0.39, 0.29) is 5.78 Å². The quantitative estimate of drug-likeness (QED) is 0.364. The van der Waals surface area contributed by atoms with Crippen LogP contribution >= 0.6 is 0 Å². The number of rotatable bonds is 1. The van der Waals surface area contributed by atoms with Crippen LogP contribution in [-0.4, -0.2) is 5.78 Å². The number of allylic oxidation sites excluding steroid dienone is 2. The molecule has 0 atom stereocenters. The third-order valence-electron chi connectivity index (χ3n) is 0.647. The molecule has 0 aliphatic heterocycles. The molecule has 1 nitrogen and oxygen atoms in total. The summed E-state index contributed by atoms with van der Waals surface area (Å²) in [7, 11) is 0. The highest BCUT2D eigenvalue weighted by molar-refractivity contribution is 5.88. The van der Waals surface area contributed by atoms with Crippen LogP contribution in [0.15, 0.2) is 11.6 Å². The van der Waals surface area contributed by atoms with Crippen LogP contribution in [0.1, 0.15) is 13.8 Å². The van der Waals surface area contributed by atoms with Gasteiger partial charge in [-0.15, -0.1) is 6.42 Å². The van der Waals surface area contributed by atoms with Crippen LogP contribution in [0.5, 0.6) is 0 Å². The van der Waals surface area contributed by atoms with E-state index in [0.717, 1.165) is 0 Å². The van der Waals surface area contributed by atoms with Gasteiger partial charge in [0.25, 0.3) is 0 Å². The van der Waals surface area contributed by atoms with Crippen LogP contribution in [0.4, 0.5) is 0 Å². The summed E-state index contributed by atoms with van der Waals surface area (Å²) in [5.41, 5.74) is 0.678. The lowest BCUT2D eigenvalue weighted by molar-refractivity contribution is -0.112. The fourth-order valence-corrected chi connectivity index (χ4v) is 0.347. The molecular formula is C7H8O. The predicted molar refractivity (Wildman–Crippen MR) is 33.3 cm³/mol. The summed E-state index contributed by atoms with van der Waals surface area (Å²) in [6.45, 7) is 3.20. The van der Waals surface area contributed by atoms with Crippen LogP contribution in [0, 0.1) is 12.3 Å². The number of carbonyl (C=O) groups is 1. The average molecular weight is 108 g/mol. The zero-order valence-corrected chi connectivity index (χ0v) is 5.06. The van der Waals surface area contributed by atoms with Crippen LogP contribution in [0.25, 0.3) is 0 Å². The maximum atomic E-state index is 10.2. The Kier molecular flexibility index (Phi) is 2.64. The molecule has 42 valence electrons. The predicted octanol–water partition coefficient (Wildman–Crippen LogP) is 1.15. The number of hydrogen-bond donors (Lipinski definition) is 0. The van der Waals surface area contributed by atoms with Crippen LogP contribution in [0.3, 0.4) is 0 Å². The standard InChI is InChI=1S/C7H8O/c1-4-6(2)5-7(3)8/h1,5H,2-3H3/b6-5-. The van der Waals surface area contributed by atoms with Gasteiger partial charge in [0, 0.05) is 5.57 Å². The van der Waals surface area contributed by atoms with Crippen molar-refractivity contribution in [1.82, 2.24) is 0 Å². The van der Waals surface area contributed by atoms with Crippen molar-refractivity contribution in [3.05, 3.63) is 11.6 Å². The van der Waals surface area contributed by atoms with E-state index in [1.54, 1.807) is 6.92 Å². The fourth-order valence-electron chi connectivity index (χ4n) is 0.347. The highest BCUT2D eigenvalue weighted by Gasteiger charge is 1.83. The van der Waals surface area contributed by atoms with Crippen molar-refractivity contribution in [2.75, 3.05) is 0 Å². The maximum absolute atomic E-state index is 10.2. The van der Waals surface area contributed by atoms with Crippen molar-refractivity contribution < 1.29 is 4.79 Å². The molecule has 0 saturated carbocycles.